The van der Waals surface area contributed by atoms with Gasteiger partial charge >= 0.3 is 0 Å². The Kier molecular flexibility index (Phi) is 6.03. The fraction of sp³-hybridized carbons (Fsp3) is 0.150. The third kappa shape index (κ3) is 4.95. The number of aryl methyl sites for hydroxylation is 1. The van der Waals surface area contributed by atoms with Crippen LogP contribution < -0.4 is 10.9 Å². The van der Waals surface area contributed by atoms with Crippen LogP contribution in [-0.2, 0) is 11.2 Å². The van der Waals surface area contributed by atoms with Crippen LogP contribution in [0, 0.1) is 0 Å². The molecule has 0 aliphatic rings. The summed E-state index contributed by atoms with van der Waals surface area (Å²) in [6.45, 7) is 0. The van der Waals surface area contributed by atoms with Crippen molar-refractivity contribution in [2.24, 2.45) is 0 Å². The number of carbonyl (C=O) groups excluding carboxylic acids is 2. The first kappa shape index (κ1) is 20.3. The Morgan fingerprint density at radius 1 is 1.13 bits per heavy atom. The molecule has 0 atom stereocenters. The van der Waals surface area contributed by atoms with Gasteiger partial charge in [-0.3, -0.25) is 20.4 Å². The van der Waals surface area contributed by atoms with Crippen LogP contribution in [0.2, 0.25) is 0 Å². The summed E-state index contributed by atoms with van der Waals surface area (Å²) in [5.74, 6) is -0.451. The SMILES string of the molecule is O=C(CCCc1nc(-c2cccs2)no1)NNC(=O)c1nn(-c2ccccc2)cc1O. The quantitative estimate of drug-likeness (QED) is 0.377. The maximum Gasteiger partial charge on any atom is 0.294 e. The highest BCUT2D eigenvalue weighted by Crippen LogP contribution is 2.21. The van der Waals surface area contributed by atoms with Crippen molar-refractivity contribution in [1.29, 1.82) is 0 Å². The highest BCUT2D eigenvalue weighted by Gasteiger charge is 2.18. The first-order chi connectivity index (χ1) is 15.1. The molecular weight excluding hydrogens is 420 g/mol. The molecule has 0 radical (unpaired) electrons. The number of aromatic hydroxyl groups is 1. The molecule has 3 heterocycles. The van der Waals surface area contributed by atoms with Gasteiger partial charge in [0, 0.05) is 12.8 Å². The number of para-hydroxylation sites is 1. The Labute approximate surface area is 180 Å². The summed E-state index contributed by atoms with van der Waals surface area (Å²) in [5, 5.41) is 19.9. The summed E-state index contributed by atoms with van der Waals surface area (Å²) in [4.78, 5) is 29.4. The molecule has 2 amide bonds. The maximum atomic E-state index is 12.2. The van der Waals surface area contributed by atoms with Gasteiger partial charge in [-0.05, 0) is 30.0 Å². The van der Waals surface area contributed by atoms with Gasteiger partial charge in [-0.15, -0.1) is 11.3 Å². The number of nitrogens with one attached hydrogen (secondary N) is 2. The van der Waals surface area contributed by atoms with E-state index in [1.54, 1.807) is 12.1 Å². The largest absolute Gasteiger partial charge is 0.504 e. The van der Waals surface area contributed by atoms with Crippen LogP contribution in [0.25, 0.3) is 16.4 Å². The number of hydrogen-bond donors (Lipinski definition) is 3. The van der Waals surface area contributed by atoms with Gasteiger partial charge < -0.3 is 9.63 Å². The molecule has 0 unspecified atom stereocenters. The summed E-state index contributed by atoms with van der Waals surface area (Å²) in [7, 11) is 0. The molecule has 0 bridgehead atoms. The molecule has 11 heteroatoms. The van der Waals surface area contributed by atoms with E-state index >= 15 is 0 Å². The van der Waals surface area contributed by atoms with Crippen molar-refractivity contribution in [3.63, 3.8) is 0 Å². The average molecular weight is 438 g/mol. The molecule has 0 aliphatic carbocycles. The van der Waals surface area contributed by atoms with E-state index in [1.165, 1.54) is 22.2 Å². The highest BCUT2D eigenvalue weighted by molar-refractivity contribution is 7.13. The number of thiophene rings is 1. The summed E-state index contributed by atoms with van der Waals surface area (Å²) >= 11 is 1.51. The Bertz CT molecular complexity index is 1170. The van der Waals surface area contributed by atoms with Crippen molar-refractivity contribution in [3.05, 3.63) is 65.6 Å². The molecule has 31 heavy (non-hydrogen) atoms. The van der Waals surface area contributed by atoms with Gasteiger partial charge in [0.15, 0.2) is 11.4 Å². The zero-order valence-electron chi connectivity index (χ0n) is 16.2. The number of nitrogens with zero attached hydrogens (tertiary/aromatic N) is 4. The smallest absolute Gasteiger partial charge is 0.294 e. The Morgan fingerprint density at radius 2 is 1.97 bits per heavy atom. The Balaban J connectivity index is 1.24. The zero-order chi connectivity index (χ0) is 21.6. The molecule has 158 valence electrons. The third-order valence-corrected chi connectivity index (χ3v) is 5.12. The molecule has 0 aliphatic heterocycles. The van der Waals surface area contributed by atoms with E-state index in [0.29, 0.717) is 30.2 Å². The van der Waals surface area contributed by atoms with Crippen LogP contribution in [0.15, 0.2) is 58.6 Å². The van der Waals surface area contributed by atoms with Gasteiger partial charge in [-0.1, -0.05) is 29.4 Å². The molecule has 1 aromatic carbocycles. The third-order valence-electron chi connectivity index (χ3n) is 4.25. The highest BCUT2D eigenvalue weighted by atomic mass is 32.1. The van der Waals surface area contributed by atoms with E-state index in [9.17, 15) is 14.7 Å². The summed E-state index contributed by atoms with van der Waals surface area (Å²) in [5.41, 5.74) is 5.04. The Hall–Kier alpha value is -3.99. The van der Waals surface area contributed by atoms with Gasteiger partial charge in [-0.2, -0.15) is 10.1 Å². The normalized spacial score (nSPS) is 10.7. The number of aromatic nitrogens is 4. The molecule has 3 aromatic heterocycles. The summed E-state index contributed by atoms with van der Waals surface area (Å²) in [6, 6.07) is 12.8. The van der Waals surface area contributed by atoms with Crippen LogP contribution in [0.4, 0.5) is 0 Å². The van der Waals surface area contributed by atoms with Gasteiger partial charge in [0.25, 0.3) is 5.91 Å². The van der Waals surface area contributed by atoms with E-state index < -0.39 is 11.8 Å². The minimum Gasteiger partial charge on any atom is -0.504 e. The average Bonchev–Trinajstić information content (AvgIpc) is 3.53. The molecular formula is C20H18N6O4S. The van der Waals surface area contributed by atoms with E-state index in [0.717, 1.165) is 4.88 Å². The van der Waals surface area contributed by atoms with Crippen molar-refractivity contribution >= 4 is 23.2 Å². The van der Waals surface area contributed by atoms with Gasteiger partial charge in [-0.25, -0.2) is 4.68 Å². The van der Waals surface area contributed by atoms with Gasteiger partial charge in [0.2, 0.25) is 17.6 Å². The van der Waals surface area contributed by atoms with Gasteiger partial charge in [0.1, 0.15) is 0 Å². The molecule has 3 N–H and O–H groups in total. The second-order valence-corrected chi connectivity index (χ2v) is 7.44. The standard InChI is InChI=1S/C20H18N6O4S/c27-14-12-26(13-6-2-1-3-7-13)24-18(14)20(29)23-22-16(28)9-4-10-17-21-19(25-30-17)15-8-5-11-31-15/h1-3,5-8,11-12,27H,4,9-10H2,(H,22,28)(H,23,29). The molecule has 0 fully saturated rings. The number of benzene rings is 1. The fourth-order valence-electron chi connectivity index (χ4n) is 2.75. The minimum absolute atomic E-state index is 0.140. The number of rotatable bonds is 7. The maximum absolute atomic E-state index is 12.2. The van der Waals surface area contributed by atoms with Crippen molar-refractivity contribution < 1.29 is 19.2 Å². The predicted octanol–water partition coefficient (Wildman–Crippen LogP) is 2.47. The number of hydrazine groups is 1. The lowest BCUT2D eigenvalue weighted by Crippen LogP contribution is -2.41. The lowest BCUT2D eigenvalue weighted by molar-refractivity contribution is -0.121. The van der Waals surface area contributed by atoms with Crippen LogP contribution in [-0.4, -0.2) is 36.8 Å². The fourth-order valence-corrected chi connectivity index (χ4v) is 3.40. The minimum atomic E-state index is -0.724. The molecule has 0 spiro atoms. The first-order valence-electron chi connectivity index (χ1n) is 9.40. The van der Waals surface area contributed by atoms with Crippen molar-refractivity contribution in [2.75, 3.05) is 0 Å². The second kappa shape index (κ2) is 9.22. The molecule has 0 saturated heterocycles. The van der Waals surface area contributed by atoms with Crippen molar-refractivity contribution in [2.45, 2.75) is 19.3 Å². The lowest BCUT2D eigenvalue weighted by Gasteiger charge is -2.05. The van der Waals surface area contributed by atoms with Crippen LogP contribution in [0.3, 0.4) is 0 Å². The first-order valence-corrected chi connectivity index (χ1v) is 10.3. The number of hydrogen-bond acceptors (Lipinski definition) is 8. The molecule has 4 aromatic rings. The van der Waals surface area contributed by atoms with E-state index in [1.807, 2.05) is 35.7 Å². The molecule has 10 nitrogen and oxygen atoms in total. The lowest BCUT2D eigenvalue weighted by atomic mass is 10.2. The van der Waals surface area contributed by atoms with E-state index in [2.05, 4.69) is 26.1 Å². The van der Waals surface area contributed by atoms with Crippen molar-refractivity contribution in [3.8, 4) is 22.1 Å². The second-order valence-electron chi connectivity index (χ2n) is 6.49. The van der Waals surface area contributed by atoms with E-state index in [4.69, 9.17) is 4.52 Å². The number of carbonyl (C=O) groups is 2. The summed E-state index contributed by atoms with van der Waals surface area (Å²) in [6.07, 6.45) is 2.35. The van der Waals surface area contributed by atoms with Crippen LogP contribution in [0.1, 0.15) is 29.2 Å². The zero-order valence-corrected chi connectivity index (χ0v) is 17.0. The number of amides is 2. The summed E-state index contributed by atoms with van der Waals surface area (Å²) < 4.78 is 6.56. The topological polar surface area (TPSA) is 135 Å². The Morgan fingerprint density at radius 3 is 2.74 bits per heavy atom. The molecule has 4 rings (SSSR count). The van der Waals surface area contributed by atoms with Crippen LogP contribution in [0.5, 0.6) is 5.75 Å². The molecule has 0 saturated carbocycles. The van der Waals surface area contributed by atoms with Crippen molar-refractivity contribution in [1.82, 2.24) is 30.8 Å². The van der Waals surface area contributed by atoms with E-state index in [-0.39, 0.29) is 17.9 Å². The predicted molar refractivity (Wildman–Crippen MR) is 111 cm³/mol. The van der Waals surface area contributed by atoms with Crippen LogP contribution >= 0.6 is 11.3 Å². The van der Waals surface area contributed by atoms with Gasteiger partial charge in [0.05, 0.1) is 16.8 Å². The monoisotopic (exact) mass is 438 g/mol.